The molecule has 3 aliphatic rings. The Morgan fingerprint density at radius 3 is 2.48 bits per heavy atom. The van der Waals surface area contributed by atoms with Gasteiger partial charge in [0.1, 0.15) is 11.9 Å². The smallest absolute Gasteiger partial charge is 0.338 e. The summed E-state index contributed by atoms with van der Waals surface area (Å²) in [6.45, 7) is 9.26. The minimum Gasteiger partial charge on any atom is -0.481 e. The summed E-state index contributed by atoms with van der Waals surface area (Å²) in [6.07, 6.45) is 3.12. The van der Waals surface area contributed by atoms with Crippen LogP contribution in [0.4, 0.5) is 9.18 Å². The fourth-order valence-electron chi connectivity index (χ4n) is 6.06. The number of carboxylic acids is 1. The van der Waals surface area contributed by atoms with Crippen molar-refractivity contribution in [2.45, 2.75) is 46.1 Å². The van der Waals surface area contributed by atoms with Crippen molar-refractivity contribution in [3.8, 4) is 0 Å². The zero-order chi connectivity index (χ0) is 31.4. The number of aliphatic carboxylic acids is 1. The Morgan fingerprint density at radius 1 is 1.14 bits per heavy atom. The first-order valence-electron chi connectivity index (χ1n) is 15.0. The van der Waals surface area contributed by atoms with Crippen molar-refractivity contribution in [3.05, 3.63) is 63.0 Å². The molecule has 1 unspecified atom stereocenters. The van der Waals surface area contributed by atoms with Crippen LogP contribution in [0, 0.1) is 18.2 Å². The lowest BCUT2D eigenvalue weighted by Crippen LogP contribution is -2.55. The number of piperidine rings is 1. The number of nitrogens with one attached hydrogen (secondary N) is 1. The summed E-state index contributed by atoms with van der Waals surface area (Å²) in [4.78, 5) is 53.1. The number of benzene rings is 1. The Morgan fingerprint density at radius 2 is 1.84 bits per heavy atom. The van der Waals surface area contributed by atoms with E-state index in [-0.39, 0.29) is 30.3 Å². The number of urea groups is 1. The Labute approximate surface area is 260 Å². The largest absolute Gasteiger partial charge is 0.481 e. The molecular formula is C31H39FN6O5S. The molecule has 2 aromatic rings. The van der Waals surface area contributed by atoms with Crippen LogP contribution in [0.3, 0.4) is 0 Å². The van der Waals surface area contributed by atoms with Crippen molar-refractivity contribution in [2.24, 2.45) is 10.4 Å². The Balaban J connectivity index is 1.33. The van der Waals surface area contributed by atoms with Crippen molar-refractivity contribution < 1.29 is 28.6 Å². The minimum absolute atomic E-state index is 0.0240. The number of esters is 1. The molecule has 2 amide bonds. The zero-order valence-corrected chi connectivity index (χ0v) is 26.2. The monoisotopic (exact) mass is 626 g/mol. The van der Waals surface area contributed by atoms with Gasteiger partial charge in [0.2, 0.25) is 0 Å². The van der Waals surface area contributed by atoms with E-state index in [4.69, 9.17) is 9.73 Å². The molecule has 5 rings (SSSR count). The van der Waals surface area contributed by atoms with Gasteiger partial charge in [0.25, 0.3) is 0 Å². The number of amides is 2. The fraction of sp³-hybridized carbons (Fsp3) is 0.516. The van der Waals surface area contributed by atoms with E-state index >= 15 is 0 Å². The first kappa shape index (κ1) is 31.6. The third kappa shape index (κ3) is 6.94. The first-order chi connectivity index (χ1) is 21.1. The molecule has 1 atom stereocenters. The van der Waals surface area contributed by atoms with Crippen LogP contribution in [0.5, 0.6) is 0 Å². The van der Waals surface area contributed by atoms with Crippen molar-refractivity contribution in [1.82, 2.24) is 25.0 Å². The summed E-state index contributed by atoms with van der Waals surface area (Å²) in [5, 5.41) is 15.1. The highest BCUT2D eigenvalue weighted by Gasteiger charge is 2.37. The highest BCUT2D eigenvalue weighted by atomic mass is 32.1. The van der Waals surface area contributed by atoms with E-state index < -0.39 is 18.0 Å². The van der Waals surface area contributed by atoms with Gasteiger partial charge in [-0.3, -0.25) is 14.7 Å². The lowest BCUT2D eigenvalue weighted by atomic mass is 9.78. The highest BCUT2D eigenvalue weighted by Crippen LogP contribution is 2.36. The number of hydrogen-bond acceptors (Lipinski definition) is 9. The second-order valence-corrected chi connectivity index (χ2v) is 12.7. The molecule has 0 spiro atoms. The first-order valence-corrected chi connectivity index (χ1v) is 15.8. The number of carbonyl (C=O) groups is 3. The fourth-order valence-corrected chi connectivity index (χ4v) is 6.65. The van der Waals surface area contributed by atoms with Gasteiger partial charge >= 0.3 is 18.0 Å². The van der Waals surface area contributed by atoms with Crippen LogP contribution < -0.4 is 5.32 Å². The van der Waals surface area contributed by atoms with E-state index in [2.05, 4.69) is 15.2 Å². The second kappa shape index (κ2) is 13.4. The topological polar surface area (TPSA) is 128 Å². The van der Waals surface area contributed by atoms with Gasteiger partial charge in [0.05, 0.1) is 18.6 Å². The summed E-state index contributed by atoms with van der Waals surface area (Å²) in [5.74, 6) is -1.19. The number of amidine groups is 1. The van der Waals surface area contributed by atoms with Gasteiger partial charge < -0.3 is 25.0 Å². The van der Waals surface area contributed by atoms with Gasteiger partial charge in [0.15, 0.2) is 10.8 Å². The van der Waals surface area contributed by atoms with Crippen molar-refractivity contribution >= 4 is 35.1 Å². The molecular weight excluding hydrogens is 587 g/mol. The molecule has 1 aromatic heterocycles. The van der Waals surface area contributed by atoms with E-state index in [1.807, 2.05) is 22.1 Å². The Bertz CT molecular complexity index is 1450. The highest BCUT2D eigenvalue weighted by molar-refractivity contribution is 7.11. The maximum absolute atomic E-state index is 14.7. The average molecular weight is 627 g/mol. The molecule has 3 aliphatic heterocycles. The van der Waals surface area contributed by atoms with Gasteiger partial charge in [0, 0.05) is 63.1 Å². The van der Waals surface area contributed by atoms with Crippen molar-refractivity contribution in [2.75, 3.05) is 52.4 Å². The third-order valence-electron chi connectivity index (χ3n) is 8.70. The average Bonchev–Trinajstić information content (AvgIpc) is 3.54. The maximum Gasteiger partial charge on any atom is 0.338 e. The molecule has 2 N–H and O–H groups in total. The lowest BCUT2D eigenvalue weighted by Gasteiger charge is -2.42. The number of ether oxygens (including phenoxy) is 1. The molecule has 0 radical (unpaired) electrons. The van der Waals surface area contributed by atoms with E-state index in [9.17, 15) is 23.9 Å². The molecule has 13 heteroatoms. The number of carbonyl (C=O) groups excluding carboxylic acids is 2. The standard InChI is InChI=1S/C31H39FN6O5S/c1-4-43-29(41)25-23(34-27(28-33-10-17-44-28)35-26(25)21-6-5-7-22(32)20(21)2)19-36-13-15-38(16-14-36)30(42)37-11-8-31(3,9-12-37)18-24(39)40/h5-7,10,17,26H,4,8-9,11-16,18-19H2,1-3H3,(H,34,35)(H,39,40). The number of rotatable bonds is 8. The van der Waals surface area contributed by atoms with Crippen LogP contribution in [0.1, 0.15) is 55.3 Å². The van der Waals surface area contributed by atoms with E-state index in [1.54, 1.807) is 32.2 Å². The molecule has 2 saturated heterocycles. The Hall–Kier alpha value is -3.84. The number of aromatic nitrogens is 1. The summed E-state index contributed by atoms with van der Waals surface area (Å²) in [6, 6.07) is 3.98. The SMILES string of the molecule is CCOC(=O)C1=C(CN2CCN(C(=O)N3CCC(C)(CC(=O)O)CC3)CC2)NC(c2nccs2)=NC1c1cccc(F)c1C. The number of aliphatic imine (C=N–C) groups is 1. The maximum atomic E-state index is 14.7. The van der Waals surface area contributed by atoms with E-state index in [0.717, 1.165) is 0 Å². The number of hydrogen-bond donors (Lipinski definition) is 2. The number of thiazole rings is 1. The zero-order valence-electron chi connectivity index (χ0n) is 25.3. The molecule has 4 heterocycles. The predicted molar refractivity (Wildman–Crippen MR) is 164 cm³/mol. The number of piperazine rings is 1. The van der Waals surface area contributed by atoms with Crippen LogP contribution in [0.15, 0.2) is 46.0 Å². The molecule has 236 valence electrons. The number of halogens is 1. The summed E-state index contributed by atoms with van der Waals surface area (Å²) in [5.41, 5.74) is 1.65. The van der Waals surface area contributed by atoms with Gasteiger partial charge in [-0.1, -0.05) is 19.1 Å². The second-order valence-electron chi connectivity index (χ2n) is 11.8. The van der Waals surface area contributed by atoms with Crippen LogP contribution in [-0.4, -0.2) is 101 Å². The van der Waals surface area contributed by atoms with E-state index in [1.165, 1.54) is 17.4 Å². The minimum atomic E-state index is -0.806. The van der Waals surface area contributed by atoms with Crippen molar-refractivity contribution in [3.63, 3.8) is 0 Å². The van der Waals surface area contributed by atoms with Crippen molar-refractivity contribution in [1.29, 1.82) is 0 Å². The summed E-state index contributed by atoms with van der Waals surface area (Å²) in [7, 11) is 0. The van der Waals surface area contributed by atoms with E-state index in [0.29, 0.717) is 91.9 Å². The summed E-state index contributed by atoms with van der Waals surface area (Å²) < 4.78 is 20.2. The van der Waals surface area contributed by atoms with Crippen LogP contribution >= 0.6 is 11.3 Å². The molecule has 0 aliphatic carbocycles. The van der Waals surface area contributed by atoms with Gasteiger partial charge in [-0.15, -0.1) is 11.3 Å². The quantitative estimate of drug-likeness (QED) is 0.424. The molecule has 2 fully saturated rings. The number of likely N-dealkylation sites (tertiary alicyclic amines) is 1. The van der Waals surface area contributed by atoms with Gasteiger partial charge in [-0.05, 0) is 49.3 Å². The molecule has 11 nitrogen and oxygen atoms in total. The van der Waals surface area contributed by atoms with Gasteiger partial charge in [-0.2, -0.15) is 0 Å². The van der Waals surface area contributed by atoms with Gasteiger partial charge in [-0.25, -0.2) is 19.0 Å². The normalized spacial score (nSPS) is 20.6. The molecule has 1 aromatic carbocycles. The van der Waals surface area contributed by atoms with Crippen LogP contribution in [0.2, 0.25) is 0 Å². The predicted octanol–water partition coefficient (Wildman–Crippen LogP) is 3.81. The molecule has 44 heavy (non-hydrogen) atoms. The third-order valence-corrected chi connectivity index (χ3v) is 9.48. The number of carboxylic acid groups (broad SMARTS) is 1. The molecule has 0 bridgehead atoms. The lowest BCUT2D eigenvalue weighted by molar-refractivity contribution is -0.140. The summed E-state index contributed by atoms with van der Waals surface area (Å²) >= 11 is 1.41. The van der Waals surface area contributed by atoms with Crippen LogP contribution in [0.25, 0.3) is 0 Å². The Kier molecular flexibility index (Phi) is 9.64. The number of nitrogens with zero attached hydrogens (tertiary/aromatic N) is 5. The van der Waals surface area contributed by atoms with Crippen LogP contribution in [-0.2, 0) is 14.3 Å². The molecule has 0 saturated carbocycles.